The standard InChI is InChI=1S/C17H28N4/c1-11(2)16-19-15(18)12(3)17(20-16)21-9-8-13-6-4-5-7-14(13)10-21/h11,13-14H,4-10H2,1-3H3,(H2,18,19,20). The summed E-state index contributed by atoms with van der Waals surface area (Å²) in [5, 5.41) is 0. The molecule has 4 heteroatoms. The highest BCUT2D eigenvalue weighted by atomic mass is 15.2. The molecule has 0 spiro atoms. The number of piperidine rings is 1. The molecular formula is C17H28N4. The van der Waals surface area contributed by atoms with Crippen LogP contribution in [0.5, 0.6) is 0 Å². The lowest BCUT2D eigenvalue weighted by Gasteiger charge is -2.42. The molecule has 1 aromatic rings. The second-order valence-electron chi connectivity index (χ2n) is 7.11. The Morgan fingerprint density at radius 3 is 2.52 bits per heavy atom. The van der Waals surface area contributed by atoms with Gasteiger partial charge in [0.1, 0.15) is 17.5 Å². The van der Waals surface area contributed by atoms with Crippen LogP contribution in [0, 0.1) is 18.8 Å². The van der Waals surface area contributed by atoms with E-state index in [0.29, 0.717) is 11.7 Å². The van der Waals surface area contributed by atoms with Gasteiger partial charge in [-0.2, -0.15) is 0 Å². The van der Waals surface area contributed by atoms with E-state index in [9.17, 15) is 0 Å². The van der Waals surface area contributed by atoms with E-state index < -0.39 is 0 Å². The van der Waals surface area contributed by atoms with Crippen molar-refractivity contribution in [2.75, 3.05) is 23.7 Å². The molecule has 1 aromatic heterocycles. The van der Waals surface area contributed by atoms with E-state index in [1.165, 1.54) is 32.1 Å². The number of hydrogen-bond acceptors (Lipinski definition) is 4. The van der Waals surface area contributed by atoms with Crippen LogP contribution in [0.3, 0.4) is 0 Å². The summed E-state index contributed by atoms with van der Waals surface area (Å²) in [4.78, 5) is 11.7. The van der Waals surface area contributed by atoms with E-state index in [2.05, 4.69) is 30.7 Å². The first-order valence-corrected chi connectivity index (χ1v) is 8.45. The van der Waals surface area contributed by atoms with Crippen molar-refractivity contribution in [1.29, 1.82) is 0 Å². The van der Waals surface area contributed by atoms with Crippen LogP contribution in [0.4, 0.5) is 11.6 Å². The number of rotatable bonds is 2. The van der Waals surface area contributed by atoms with Crippen molar-refractivity contribution < 1.29 is 0 Å². The van der Waals surface area contributed by atoms with Gasteiger partial charge in [0.15, 0.2) is 0 Å². The first-order chi connectivity index (χ1) is 10.1. The molecular weight excluding hydrogens is 260 g/mol. The summed E-state index contributed by atoms with van der Waals surface area (Å²) in [6, 6.07) is 0. The highest BCUT2D eigenvalue weighted by Gasteiger charge is 2.32. The van der Waals surface area contributed by atoms with E-state index in [-0.39, 0.29) is 0 Å². The molecule has 2 fully saturated rings. The molecule has 0 bridgehead atoms. The van der Waals surface area contributed by atoms with Crippen molar-refractivity contribution >= 4 is 11.6 Å². The molecule has 1 saturated carbocycles. The van der Waals surface area contributed by atoms with Gasteiger partial charge in [0.05, 0.1) is 0 Å². The minimum atomic E-state index is 0.318. The number of hydrogen-bond donors (Lipinski definition) is 1. The first-order valence-electron chi connectivity index (χ1n) is 8.45. The normalized spacial score (nSPS) is 26.0. The molecule has 0 aromatic carbocycles. The second kappa shape index (κ2) is 5.82. The summed E-state index contributed by atoms with van der Waals surface area (Å²) in [7, 11) is 0. The maximum atomic E-state index is 6.12. The predicted octanol–water partition coefficient (Wildman–Crippen LogP) is 3.51. The van der Waals surface area contributed by atoms with Crippen LogP contribution in [0.15, 0.2) is 0 Å². The molecule has 1 aliphatic carbocycles. The SMILES string of the molecule is Cc1c(N)nc(C(C)C)nc1N1CCC2CCCCC2C1. The summed E-state index contributed by atoms with van der Waals surface area (Å²) in [6.45, 7) is 8.58. The lowest BCUT2D eigenvalue weighted by Crippen LogP contribution is -2.42. The molecule has 0 radical (unpaired) electrons. The topological polar surface area (TPSA) is 55.0 Å². The minimum absolute atomic E-state index is 0.318. The number of nitrogen functional groups attached to an aromatic ring is 1. The van der Waals surface area contributed by atoms with E-state index >= 15 is 0 Å². The van der Waals surface area contributed by atoms with Crippen molar-refractivity contribution in [3.8, 4) is 0 Å². The molecule has 21 heavy (non-hydrogen) atoms. The van der Waals surface area contributed by atoms with Crippen LogP contribution in [0.2, 0.25) is 0 Å². The van der Waals surface area contributed by atoms with Crippen LogP contribution in [-0.2, 0) is 0 Å². The fourth-order valence-electron chi connectivity index (χ4n) is 3.90. The molecule has 2 aliphatic rings. The summed E-state index contributed by atoms with van der Waals surface area (Å²) in [5.41, 5.74) is 7.17. The summed E-state index contributed by atoms with van der Waals surface area (Å²) in [5.74, 6) is 4.71. The zero-order chi connectivity index (χ0) is 15.0. The molecule has 3 rings (SSSR count). The van der Waals surface area contributed by atoms with Gasteiger partial charge in [-0.3, -0.25) is 0 Å². The van der Waals surface area contributed by atoms with Gasteiger partial charge in [-0.25, -0.2) is 9.97 Å². The molecule has 1 saturated heterocycles. The fraction of sp³-hybridized carbons (Fsp3) is 0.765. The first kappa shape index (κ1) is 14.6. The van der Waals surface area contributed by atoms with Gasteiger partial charge in [-0.05, 0) is 31.6 Å². The molecule has 1 aliphatic heterocycles. The average molecular weight is 288 g/mol. The molecule has 2 unspecified atom stereocenters. The number of fused-ring (bicyclic) bond motifs is 1. The lowest BCUT2D eigenvalue weighted by molar-refractivity contribution is 0.202. The van der Waals surface area contributed by atoms with Crippen LogP contribution in [-0.4, -0.2) is 23.1 Å². The van der Waals surface area contributed by atoms with Gasteiger partial charge in [-0.1, -0.05) is 33.1 Å². The predicted molar refractivity (Wildman–Crippen MR) is 87.5 cm³/mol. The summed E-state index contributed by atoms with van der Waals surface area (Å²) in [6.07, 6.45) is 6.96. The number of anilines is 2. The highest BCUT2D eigenvalue weighted by Crippen LogP contribution is 2.38. The number of aromatic nitrogens is 2. The maximum absolute atomic E-state index is 6.12. The van der Waals surface area contributed by atoms with E-state index in [1.807, 2.05) is 0 Å². The third-order valence-electron chi connectivity index (χ3n) is 5.28. The Morgan fingerprint density at radius 1 is 1.10 bits per heavy atom. The Labute approximate surface area is 128 Å². The molecule has 2 N–H and O–H groups in total. The van der Waals surface area contributed by atoms with Crippen molar-refractivity contribution in [2.45, 2.75) is 58.8 Å². The molecule has 4 nitrogen and oxygen atoms in total. The molecule has 116 valence electrons. The van der Waals surface area contributed by atoms with Crippen LogP contribution < -0.4 is 10.6 Å². The smallest absolute Gasteiger partial charge is 0.137 e. The van der Waals surface area contributed by atoms with Crippen LogP contribution in [0.25, 0.3) is 0 Å². The van der Waals surface area contributed by atoms with E-state index in [0.717, 1.165) is 42.1 Å². The van der Waals surface area contributed by atoms with Crippen LogP contribution >= 0.6 is 0 Å². The Kier molecular flexibility index (Phi) is 4.05. The summed E-state index contributed by atoms with van der Waals surface area (Å²) < 4.78 is 0. The van der Waals surface area contributed by atoms with Crippen molar-refractivity contribution in [3.63, 3.8) is 0 Å². The van der Waals surface area contributed by atoms with Gasteiger partial charge in [0, 0.05) is 24.6 Å². The third kappa shape index (κ3) is 2.85. The van der Waals surface area contributed by atoms with Gasteiger partial charge < -0.3 is 10.6 Å². The Morgan fingerprint density at radius 2 is 1.81 bits per heavy atom. The second-order valence-corrected chi connectivity index (χ2v) is 7.11. The number of nitrogens with two attached hydrogens (primary N) is 1. The van der Waals surface area contributed by atoms with Crippen LogP contribution in [0.1, 0.15) is 63.3 Å². The van der Waals surface area contributed by atoms with Gasteiger partial charge >= 0.3 is 0 Å². The fourth-order valence-corrected chi connectivity index (χ4v) is 3.90. The molecule has 2 atom stereocenters. The number of nitrogens with zero attached hydrogens (tertiary/aromatic N) is 3. The Bertz CT molecular complexity index is 512. The lowest BCUT2D eigenvalue weighted by atomic mass is 9.75. The van der Waals surface area contributed by atoms with Crippen molar-refractivity contribution in [1.82, 2.24) is 9.97 Å². The zero-order valence-electron chi connectivity index (χ0n) is 13.6. The monoisotopic (exact) mass is 288 g/mol. The zero-order valence-corrected chi connectivity index (χ0v) is 13.6. The summed E-state index contributed by atoms with van der Waals surface area (Å²) >= 11 is 0. The van der Waals surface area contributed by atoms with Gasteiger partial charge in [0.25, 0.3) is 0 Å². The maximum Gasteiger partial charge on any atom is 0.137 e. The van der Waals surface area contributed by atoms with Gasteiger partial charge in [0.2, 0.25) is 0 Å². The van der Waals surface area contributed by atoms with E-state index in [1.54, 1.807) is 0 Å². The Balaban J connectivity index is 1.86. The molecule has 0 amide bonds. The highest BCUT2D eigenvalue weighted by molar-refractivity contribution is 5.57. The van der Waals surface area contributed by atoms with Gasteiger partial charge in [-0.15, -0.1) is 0 Å². The minimum Gasteiger partial charge on any atom is -0.383 e. The van der Waals surface area contributed by atoms with Crippen molar-refractivity contribution in [2.24, 2.45) is 11.8 Å². The van der Waals surface area contributed by atoms with E-state index in [4.69, 9.17) is 10.7 Å². The van der Waals surface area contributed by atoms with Crippen molar-refractivity contribution in [3.05, 3.63) is 11.4 Å². The molecule has 2 heterocycles. The Hall–Kier alpha value is -1.32. The quantitative estimate of drug-likeness (QED) is 0.905. The third-order valence-corrected chi connectivity index (χ3v) is 5.28. The average Bonchev–Trinajstić information content (AvgIpc) is 2.49. The largest absolute Gasteiger partial charge is 0.383 e.